The number of rotatable bonds is 5. The molecule has 3 heteroatoms. The zero-order chi connectivity index (χ0) is 12.3. The molecule has 3 nitrogen and oxygen atoms in total. The molecule has 0 amide bonds. The molecule has 1 aromatic rings. The molecule has 1 aliphatic rings. The van der Waals surface area contributed by atoms with Gasteiger partial charge in [0.15, 0.2) is 0 Å². The average molecular weight is 235 g/mol. The molecule has 17 heavy (non-hydrogen) atoms. The van der Waals surface area contributed by atoms with Crippen LogP contribution in [-0.2, 0) is 4.74 Å². The van der Waals surface area contributed by atoms with Gasteiger partial charge in [-0.25, -0.2) is 0 Å². The minimum absolute atomic E-state index is 0.0575. The fraction of sp³-hybridized carbons (Fsp3) is 0.571. The Morgan fingerprint density at radius 3 is 2.76 bits per heavy atom. The predicted octanol–water partition coefficient (Wildman–Crippen LogP) is 1.65. The van der Waals surface area contributed by atoms with Gasteiger partial charge in [-0.1, -0.05) is 29.8 Å². The molecule has 0 bridgehead atoms. The van der Waals surface area contributed by atoms with Crippen molar-refractivity contribution in [2.24, 2.45) is 5.41 Å². The molecule has 0 radical (unpaired) electrons. The Morgan fingerprint density at radius 1 is 1.47 bits per heavy atom. The molecule has 1 heterocycles. The van der Waals surface area contributed by atoms with Gasteiger partial charge in [-0.2, -0.15) is 0 Å². The molecular weight excluding hydrogens is 214 g/mol. The topological polar surface area (TPSA) is 41.5 Å². The summed E-state index contributed by atoms with van der Waals surface area (Å²) in [7, 11) is 0. The molecule has 0 aliphatic carbocycles. The van der Waals surface area contributed by atoms with Gasteiger partial charge in [0.1, 0.15) is 0 Å². The van der Waals surface area contributed by atoms with Gasteiger partial charge in [-0.05, 0) is 19.4 Å². The second-order valence-electron chi connectivity index (χ2n) is 5.17. The minimum atomic E-state index is -0.0575. The maximum atomic E-state index is 9.34. The third-order valence-corrected chi connectivity index (χ3v) is 3.48. The van der Waals surface area contributed by atoms with Crippen LogP contribution < -0.4 is 5.32 Å². The summed E-state index contributed by atoms with van der Waals surface area (Å²) >= 11 is 0. The minimum Gasteiger partial charge on any atom is -0.396 e. The van der Waals surface area contributed by atoms with Gasteiger partial charge in [0, 0.05) is 12.6 Å². The smallest absolute Gasteiger partial charge is 0.0579 e. The van der Waals surface area contributed by atoms with Crippen molar-refractivity contribution >= 4 is 0 Å². The van der Waals surface area contributed by atoms with E-state index in [2.05, 4.69) is 43.4 Å². The van der Waals surface area contributed by atoms with E-state index in [1.807, 2.05) is 0 Å². The van der Waals surface area contributed by atoms with Gasteiger partial charge < -0.3 is 15.2 Å². The molecule has 1 saturated heterocycles. The third kappa shape index (κ3) is 2.86. The van der Waals surface area contributed by atoms with Crippen LogP contribution in [0.1, 0.15) is 24.1 Å². The first-order valence-corrected chi connectivity index (χ1v) is 6.14. The van der Waals surface area contributed by atoms with Gasteiger partial charge in [0.25, 0.3) is 0 Å². The summed E-state index contributed by atoms with van der Waals surface area (Å²) in [4.78, 5) is 0. The van der Waals surface area contributed by atoms with Crippen molar-refractivity contribution in [2.75, 3.05) is 26.4 Å². The van der Waals surface area contributed by atoms with Crippen LogP contribution in [0.4, 0.5) is 0 Å². The highest BCUT2D eigenvalue weighted by Gasteiger charge is 2.37. The van der Waals surface area contributed by atoms with Crippen LogP contribution in [0.5, 0.6) is 0 Å². The lowest BCUT2D eigenvalue weighted by Gasteiger charge is -2.40. The van der Waals surface area contributed by atoms with Crippen molar-refractivity contribution in [1.82, 2.24) is 5.32 Å². The van der Waals surface area contributed by atoms with E-state index in [0.717, 1.165) is 6.54 Å². The van der Waals surface area contributed by atoms with Gasteiger partial charge in [-0.3, -0.25) is 0 Å². The Kier molecular flexibility index (Phi) is 3.82. The summed E-state index contributed by atoms with van der Waals surface area (Å²) in [6.07, 6.45) is 0. The highest BCUT2D eigenvalue weighted by molar-refractivity contribution is 5.24. The molecule has 0 saturated carbocycles. The van der Waals surface area contributed by atoms with Crippen LogP contribution in [0.3, 0.4) is 0 Å². The molecular formula is C14H21NO2. The Hall–Kier alpha value is -0.900. The van der Waals surface area contributed by atoms with E-state index in [1.165, 1.54) is 11.1 Å². The number of ether oxygens (including phenoxy) is 1. The zero-order valence-electron chi connectivity index (χ0n) is 10.6. The largest absolute Gasteiger partial charge is 0.396 e. The van der Waals surface area contributed by atoms with Crippen LogP contribution in [-0.4, -0.2) is 31.5 Å². The second kappa shape index (κ2) is 5.17. The van der Waals surface area contributed by atoms with Crippen molar-refractivity contribution in [3.63, 3.8) is 0 Å². The molecule has 94 valence electrons. The number of benzene rings is 1. The van der Waals surface area contributed by atoms with Crippen molar-refractivity contribution in [3.8, 4) is 0 Å². The van der Waals surface area contributed by atoms with Crippen molar-refractivity contribution < 1.29 is 9.84 Å². The van der Waals surface area contributed by atoms with E-state index >= 15 is 0 Å². The summed E-state index contributed by atoms with van der Waals surface area (Å²) in [5.74, 6) is 0. The van der Waals surface area contributed by atoms with Gasteiger partial charge in [0.05, 0.1) is 25.2 Å². The van der Waals surface area contributed by atoms with E-state index in [1.54, 1.807) is 0 Å². The molecule has 2 N–H and O–H groups in total. The first-order chi connectivity index (χ1) is 8.15. The fourth-order valence-electron chi connectivity index (χ4n) is 2.07. The van der Waals surface area contributed by atoms with E-state index in [4.69, 9.17) is 4.74 Å². The lowest BCUT2D eigenvalue weighted by atomic mass is 9.86. The summed E-state index contributed by atoms with van der Waals surface area (Å²) in [5, 5.41) is 12.8. The zero-order valence-corrected chi connectivity index (χ0v) is 10.6. The summed E-state index contributed by atoms with van der Waals surface area (Å²) in [5.41, 5.74) is 2.51. The van der Waals surface area contributed by atoms with Gasteiger partial charge in [0.2, 0.25) is 0 Å². The molecule has 0 spiro atoms. The molecule has 1 fully saturated rings. The van der Waals surface area contributed by atoms with Gasteiger partial charge in [-0.15, -0.1) is 0 Å². The number of nitrogens with one attached hydrogen (secondary N) is 1. The molecule has 0 aromatic heterocycles. The first-order valence-electron chi connectivity index (χ1n) is 6.14. The quantitative estimate of drug-likeness (QED) is 0.815. The maximum absolute atomic E-state index is 9.34. The lowest BCUT2D eigenvalue weighted by molar-refractivity contribution is -0.135. The van der Waals surface area contributed by atoms with Gasteiger partial charge >= 0.3 is 0 Å². The van der Waals surface area contributed by atoms with Crippen LogP contribution in [0.25, 0.3) is 0 Å². The summed E-state index contributed by atoms with van der Waals surface area (Å²) in [6.45, 7) is 6.58. The van der Waals surface area contributed by atoms with Crippen LogP contribution in [0.2, 0.25) is 0 Å². The molecule has 2 rings (SSSR count). The SMILES string of the molecule is Cc1cccc(C(C)NCC2(CO)COC2)c1. The van der Waals surface area contributed by atoms with E-state index in [9.17, 15) is 5.11 Å². The Balaban J connectivity index is 1.91. The Bertz CT molecular complexity index is 369. The average Bonchev–Trinajstić information content (AvgIpc) is 2.28. The first kappa shape index (κ1) is 12.6. The van der Waals surface area contributed by atoms with E-state index < -0.39 is 0 Å². The maximum Gasteiger partial charge on any atom is 0.0579 e. The normalized spacial score (nSPS) is 19.7. The second-order valence-corrected chi connectivity index (χ2v) is 5.17. The van der Waals surface area contributed by atoms with Crippen LogP contribution in [0.15, 0.2) is 24.3 Å². The highest BCUT2D eigenvalue weighted by Crippen LogP contribution is 2.26. The summed E-state index contributed by atoms with van der Waals surface area (Å²) < 4.78 is 5.19. The van der Waals surface area contributed by atoms with Crippen molar-refractivity contribution in [3.05, 3.63) is 35.4 Å². The standard InChI is InChI=1S/C14H21NO2/c1-11-4-3-5-13(6-11)12(2)15-7-14(8-16)9-17-10-14/h3-6,12,15-16H,7-10H2,1-2H3. The molecule has 1 aliphatic heterocycles. The Morgan fingerprint density at radius 2 is 2.24 bits per heavy atom. The summed E-state index contributed by atoms with van der Waals surface area (Å²) in [6, 6.07) is 8.81. The number of hydrogen-bond acceptors (Lipinski definition) is 3. The highest BCUT2D eigenvalue weighted by atomic mass is 16.5. The van der Waals surface area contributed by atoms with Crippen LogP contribution in [0, 0.1) is 12.3 Å². The predicted molar refractivity (Wildman–Crippen MR) is 67.9 cm³/mol. The van der Waals surface area contributed by atoms with Crippen molar-refractivity contribution in [1.29, 1.82) is 0 Å². The van der Waals surface area contributed by atoms with Crippen LogP contribution >= 0.6 is 0 Å². The lowest BCUT2D eigenvalue weighted by Crippen LogP contribution is -2.52. The number of aryl methyl sites for hydroxylation is 1. The monoisotopic (exact) mass is 235 g/mol. The molecule has 1 atom stereocenters. The Labute approximate surface area is 103 Å². The number of aliphatic hydroxyl groups excluding tert-OH is 1. The third-order valence-electron chi connectivity index (χ3n) is 3.48. The molecule has 1 aromatic carbocycles. The van der Waals surface area contributed by atoms with Crippen molar-refractivity contribution in [2.45, 2.75) is 19.9 Å². The van der Waals surface area contributed by atoms with E-state index in [-0.39, 0.29) is 12.0 Å². The van der Waals surface area contributed by atoms with E-state index in [0.29, 0.717) is 19.3 Å². The number of hydrogen-bond donors (Lipinski definition) is 2. The fourth-order valence-corrected chi connectivity index (χ4v) is 2.07. The molecule has 1 unspecified atom stereocenters. The number of aliphatic hydroxyl groups is 1.